The fraction of sp³-hybridized carbons (Fsp3) is 0.190. The number of hydrogen-bond donors (Lipinski definition) is 0. The normalized spacial score (nSPS) is 16.1. The second-order valence-electron chi connectivity index (χ2n) is 6.20. The number of hydrogen-bond acceptors (Lipinski definition) is 2. The molecule has 2 aromatic carbocycles. The maximum atomic E-state index is 12.8. The number of thiophene rings is 1. The van der Waals surface area contributed by atoms with Gasteiger partial charge in [0.1, 0.15) is 0 Å². The molecule has 0 amide bonds. The highest BCUT2D eigenvalue weighted by Crippen LogP contribution is 2.43. The van der Waals surface area contributed by atoms with Gasteiger partial charge < -0.3 is 0 Å². The van der Waals surface area contributed by atoms with Gasteiger partial charge in [-0.15, -0.1) is 11.3 Å². The number of halogens is 1. The van der Waals surface area contributed by atoms with Crippen molar-refractivity contribution in [3.63, 3.8) is 0 Å². The lowest BCUT2D eigenvalue weighted by atomic mass is 9.92. The average molecular weight is 397 g/mol. The molecule has 1 heterocycles. The lowest BCUT2D eigenvalue weighted by Crippen LogP contribution is -2.08. The molecular formula is C21H17BrOS. The second-order valence-corrected chi connectivity index (χ2v) is 8.00. The molecule has 1 aromatic heterocycles. The Morgan fingerprint density at radius 3 is 2.71 bits per heavy atom. The molecule has 0 saturated carbocycles. The van der Waals surface area contributed by atoms with Crippen molar-refractivity contribution in [3.05, 3.63) is 80.5 Å². The van der Waals surface area contributed by atoms with E-state index in [2.05, 4.69) is 51.6 Å². The van der Waals surface area contributed by atoms with E-state index in [-0.39, 0.29) is 5.78 Å². The third-order valence-corrected chi connectivity index (χ3v) is 6.51. The van der Waals surface area contributed by atoms with E-state index >= 15 is 0 Å². The predicted molar refractivity (Wildman–Crippen MR) is 104 cm³/mol. The van der Waals surface area contributed by atoms with E-state index in [0.29, 0.717) is 12.3 Å². The van der Waals surface area contributed by atoms with Crippen molar-refractivity contribution in [2.75, 3.05) is 0 Å². The minimum atomic E-state index is 0.220. The van der Waals surface area contributed by atoms with Crippen LogP contribution in [0.25, 0.3) is 11.1 Å². The predicted octanol–water partition coefficient (Wildman–Crippen LogP) is 6.48. The van der Waals surface area contributed by atoms with Crippen LogP contribution in [-0.2, 0) is 6.42 Å². The standard InChI is InChI=1S/C21H17BrOS/c22-19-8-4-3-7-18(19)20(23)13-15-10-9-14-5-1-2-6-16(14)17-11-12-24-21(15)17/h1-8,11-12,15H,9-10,13H2. The highest BCUT2D eigenvalue weighted by molar-refractivity contribution is 9.10. The number of benzene rings is 2. The van der Waals surface area contributed by atoms with Crippen LogP contribution in [0.2, 0.25) is 0 Å². The molecule has 0 bridgehead atoms. The van der Waals surface area contributed by atoms with E-state index in [4.69, 9.17) is 0 Å². The summed E-state index contributed by atoms with van der Waals surface area (Å²) >= 11 is 5.29. The maximum Gasteiger partial charge on any atom is 0.164 e. The van der Waals surface area contributed by atoms with Gasteiger partial charge in [-0.25, -0.2) is 0 Å². The highest BCUT2D eigenvalue weighted by atomic mass is 79.9. The van der Waals surface area contributed by atoms with Crippen LogP contribution in [0, 0.1) is 0 Å². The minimum Gasteiger partial charge on any atom is -0.294 e. The number of fused-ring (bicyclic) bond motifs is 3. The molecule has 1 atom stereocenters. The first kappa shape index (κ1) is 15.8. The lowest BCUT2D eigenvalue weighted by molar-refractivity contribution is 0.0972. The fourth-order valence-corrected chi connectivity index (χ4v) is 5.09. The van der Waals surface area contributed by atoms with Gasteiger partial charge in [0, 0.05) is 27.3 Å². The highest BCUT2D eigenvalue weighted by Gasteiger charge is 2.26. The van der Waals surface area contributed by atoms with Gasteiger partial charge in [-0.1, -0.05) is 58.4 Å². The van der Waals surface area contributed by atoms with E-state index in [1.165, 1.54) is 21.6 Å². The van der Waals surface area contributed by atoms with Crippen molar-refractivity contribution >= 4 is 33.0 Å². The van der Waals surface area contributed by atoms with Crippen molar-refractivity contribution in [1.82, 2.24) is 0 Å². The van der Waals surface area contributed by atoms with Crippen LogP contribution in [0.1, 0.15) is 39.6 Å². The summed E-state index contributed by atoms with van der Waals surface area (Å²) < 4.78 is 0.887. The van der Waals surface area contributed by atoms with Gasteiger partial charge >= 0.3 is 0 Å². The molecule has 0 aliphatic heterocycles. The number of ketones is 1. The van der Waals surface area contributed by atoms with Gasteiger partial charge in [-0.05, 0) is 47.0 Å². The Balaban J connectivity index is 1.67. The van der Waals surface area contributed by atoms with Gasteiger partial charge in [-0.3, -0.25) is 4.79 Å². The van der Waals surface area contributed by atoms with Crippen LogP contribution < -0.4 is 0 Å². The summed E-state index contributed by atoms with van der Waals surface area (Å²) in [5, 5.41) is 2.16. The Hall–Kier alpha value is -1.71. The molecule has 1 nitrogen and oxygen atoms in total. The van der Waals surface area contributed by atoms with Crippen molar-refractivity contribution in [3.8, 4) is 11.1 Å². The summed E-state index contributed by atoms with van der Waals surface area (Å²) in [6, 6.07) is 18.6. The summed E-state index contributed by atoms with van der Waals surface area (Å²) in [4.78, 5) is 14.2. The number of Topliss-reactive ketones (excluding diaryl/α,β-unsaturated/α-hetero) is 1. The summed E-state index contributed by atoms with van der Waals surface area (Å²) in [5.74, 6) is 0.518. The molecule has 1 unspecified atom stereocenters. The molecule has 0 fully saturated rings. The van der Waals surface area contributed by atoms with Crippen LogP contribution in [0.15, 0.2) is 64.5 Å². The number of rotatable bonds is 3. The minimum absolute atomic E-state index is 0.220. The van der Waals surface area contributed by atoms with Crippen LogP contribution in [-0.4, -0.2) is 5.78 Å². The van der Waals surface area contributed by atoms with Gasteiger partial charge in [0.25, 0.3) is 0 Å². The summed E-state index contributed by atoms with van der Waals surface area (Å²) in [6.45, 7) is 0. The third-order valence-electron chi connectivity index (χ3n) is 4.74. The molecule has 0 saturated heterocycles. The molecule has 120 valence electrons. The van der Waals surface area contributed by atoms with Gasteiger partial charge in [-0.2, -0.15) is 0 Å². The van der Waals surface area contributed by atoms with Gasteiger partial charge in [0.05, 0.1) is 0 Å². The zero-order valence-electron chi connectivity index (χ0n) is 13.2. The van der Waals surface area contributed by atoms with Crippen molar-refractivity contribution in [1.29, 1.82) is 0 Å². The summed E-state index contributed by atoms with van der Waals surface area (Å²) in [6.07, 6.45) is 2.64. The number of aryl methyl sites for hydroxylation is 1. The zero-order valence-corrected chi connectivity index (χ0v) is 15.6. The van der Waals surface area contributed by atoms with E-state index in [1.807, 2.05) is 24.3 Å². The average Bonchev–Trinajstić information content (AvgIpc) is 3.03. The van der Waals surface area contributed by atoms with Crippen molar-refractivity contribution in [2.24, 2.45) is 0 Å². The van der Waals surface area contributed by atoms with Crippen molar-refractivity contribution < 1.29 is 4.79 Å². The summed E-state index contributed by atoms with van der Waals surface area (Å²) in [7, 11) is 0. The van der Waals surface area contributed by atoms with Gasteiger partial charge in [0.2, 0.25) is 0 Å². The van der Waals surface area contributed by atoms with Gasteiger partial charge in [0.15, 0.2) is 5.78 Å². The fourth-order valence-electron chi connectivity index (χ4n) is 3.54. The van der Waals surface area contributed by atoms with Crippen LogP contribution >= 0.6 is 27.3 Å². The maximum absolute atomic E-state index is 12.8. The first-order valence-electron chi connectivity index (χ1n) is 8.17. The van der Waals surface area contributed by atoms with E-state index in [0.717, 1.165) is 22.9 Å². The van der Waals surface area contributed by atoms with Crippen molar-refractivity contribution in [2.45, 2.75) is 25.2 Å². The first-order chi connectivity index (χ1) is 11.7. The van der Waals surface area contributed by atoms with Crippen LogP contribution in [0.3, 0.4) is 0 Å². The molecule has 0 spiro atoms. The Morgan fingerprint density at radius 2 is 1.83 bits per heavy atom. The monoisotopic (exact) mass is 396 g/mol. The lowest BCUT2D eigenvalue weighted by Gasteiger charge is -2.14. The van der Waals surface area contributed by atoms with Crippen LogP contribution in [0.4, 0.5) is 0 Å². The Morgan fingerprint density at radius 1 is 1.04 bits per heavy atom. The molecule has 1 aliphatic rings. The molecule has 3 aromatic rings. The topological polar surface area (TPSA) is 17.1 Å². The molecule has 0 radical (unpaired) electrons. The Kier molecular flexibility index (Phi) is 4.38. The zero-order chi connectivity index (χ0) is 16.5. The molecule has 4 rings (SSSR count). The number of carbonyl (C=O) groups is 1. The molecular weight excluding hydrogens is 380 g/mol. The third kappa shape index (κ3) is 2.87. The largest absolute Gasteiger partial charge is 0.294 e. The van der Waals surface area contributed by atoms with E-state index < -0.39 is 0 Å². The molecule has 0 N–H and O–H groups in total. The Labute approximate surface area is 154 Å². The Bertz CT molecular complexity index is 896. The molecule has 24 heavy (non-hydrogen) atoms. The summed E-state index contributed by atoms with van der Waals surface area (Å²) in [5.41, 5.74) is 4.84. The first-order valence-corrected chi connectivity index (χ1v) is 9.84. The number of carbonyl (C=O) groups excluding carboxylic acids is 1. The SMILES string of the molecule is O=C(CC1CCc2ccccc2-c2ccsc21)c1ccccc1Br. The molecule has 1 aliphatic carbocycles. The van der Waals surface area contributed by atoms with E-state index in [1.54, 1.807) is 11.3 Å². The quantitative estimate of drug-likeness (QED) is 0.462. The smallest absolute Gasteiger partial charge is 0.164 e. The van der Waals surface area contributed by atoms with Crippen LogP contribution in [0.5, 0.6) is 0 Å². The van der Waals surface area contributed by atoms with E-state index in [9.17, 15) is 4.79 Å². The molecule has 3 heteroatoms. The second kappa shape index (κ2) is 6.66.